The van der Waals surface area contributed by atoms with Crippen molar-refractivity contribution in [2.24, 2.45) is 0 Å². The zero-order chi connectivity index (χ0) is 12.5. The lowest BCUT2D eigenvalue weighted by Crippen LogP contribution is -2.21. The molecule has 0 fully saturated rings. The first-order valence-electron chi connectivity index (χ1n) is 4.59. The number of aliphatic hydroxyl groups is 1. The Morgan fingerprint density at radius 3 is 2.56 bits per heavy atom. The van der Waals surface area contributed by atoms with E-state index in [2.05, 4.69) is 22.5 Å². The summed E-state index contributed by atoms with van der Waals surface area (Å²) in [5.41, 5.74) is -0.439. The Hall–Kier alpha value is -1.36. The molecule has 86 valence electrons. The van der Waals surface area contributed by atoms with Crippen LogP contribution in [-0.4, -0.2) is 10.0 Å². The molecule has 0 spiro atoms. The predicted molar refractivity (Wildman–Crippen MR) is 65.6 cm³/mol. The van der Waals surface area contributed by atoms with Crippen molar-refractivity contribution in [1.82, 2.24) is 0 Å². The van der Waals surface area contributed by atoms with Crippen molar-refractivity contribution in [3.63, 3.8) is 0 Å². The van der Waals surface area contributed by atoms with E-state index in [1.54, 1.807) is 26.0 Å². The highest BCUT2D eigenvalue weighted by Gasteiger charge is 2.31. The fourth-order valence-electron chi connectivity index (χ4n) is 1.34. The number of halogens is 1. The molecule has 1 aromatic carbocycles. The summed E-state index contributed by atoms with van der Waals surface area (Å²) in [5.74, 6) is -0.0991. The Morgan fingerprint density at radius 2 is 2.12 bits per heavy atom. The van der Waals surface area contributed by atoms with Crippen LogP contribution in [0.25, 0.3) is 0 Å². The van der Waals surface area contributed by atoms with Gasteiger partial charge in [0.25, 0.3) is 5.69 Å². The fourth-order valence-corrected chi connectivity index (χ4v) is 1.69. The molecule has 0 radical (unpaired) electrons. The Morgan fingerprint density at radius 1 is 1.56 bits per heavy atom. The quantitative estimate of drug-likeness (QED) is 0.523. The number of rotatable bonds is 3. The molecule has 0 aliphatic carbocycles. The van der Waals surface area contributed by atoms with Crippen LogP contribution in [0.2, 0.25) is 0 Å². The normalized spacial score (nSPS) is 11.2. The fraction of sp³-hybridized carbons (Fsp3) is 0.273. The third-order valence-corrected chi connectivity index (χ3v) is 3.04. The van der Waals surface area contributed by atoms with Gasteiger partial charge in [-0.2, -0.15) is 0 Å². The number of nitro benzene ring substituents is 1. The first-order valence-corrected chi connectivity index (χ1v) is 5.39. The van der Waals surface area contributed by atoms with Crippen LogP contribution in [0, 0.1) is 10.1 Å². The maximum absolute atomic E-state index is 10.9. The summed E-state index contributed by atoms with van der Waals surface area (Å²) in [6.45, 7) is 6.82. The Bertz CT molecular complexity index is 455. The highest BCUT2D eigenvalue weighted by atomic mass is 79.9. The molecule has 0 saturated heterocycles. The van der Waals surface area contributed by atoms with Crippen LogP contribution >= 0.6 is 15.9 Å². The first kappa shape index (κ1) is 12.7. The van der Waals surface area contributed by atoms with Crippen molar-refractivity contribution in [2.75, 3.05) is 0 Å². The maximum Gasteiger partial charge on any atom is 0.274 e. The number of nitro groups is 1. The standard InChI is InChI=1S/C11H12BrNO3/c1-7(14)11(2,3)9-5-4-8(12)6-10(9)13(15)16/h4-6,14H,1H2,2-3H3. The molecule has 1 N–H and O–H groups in total. The lowest BCUT2D eigenvalue weighted by Gasteiger charge is -2.23. The number of benzene rings is 1. The molecule has 0 heterocycles. The van der Waals surface area contributed by atoms with Gasteiger partial charge in [0.2, 0.25) is 0 Å². The van der Waals surface area contributed by atoms with Gasteiger partial charge in [-0.15, -0.1) is 0 Å². The SMILES string of the molecule is C=C(O)C(C)(C)c1ccc(Br)cc1[N+](=O)[O-]. The molecule has 0 amide bonds. The van der Waals surface area contributed by atoms with Gasteiger partial charge in [-0.3, -0.25) is 10.1 Å². The molecule has 0 unspecified atom stereocenters. The summed E-state index contributed by atoms with van der Waals surface area (Å²) >= 11 is 3.18. The summed E-state index contributed by atoms with van der Waals surface area (Å²) < 4.78 is 0.627. The molecule has 0 saturated carbocycles. The summed E-state index contributed by atoms with van der Waals surface area (Å²) in [5, 5.41) is 20.4. The minimum atomic E-state index is -0.844. The highest BCUT2D eigenvalue weighted by molar-refractivity contribution is 9.10. The first-order chi connectivity index (χ1) is 7.26. The molecule has 0 aromatic heterocycles. The van der Waals surface area contributed by atoms with Gasteiger partial charge in [-0.05, 0) is 19.9 Å². The van der Waals surface area contributed by atoms with E-state index in [4.69, 9.17) is 0 Å². The number of hydrogen-bond acceptors (Lipinski definition) is 3. The highest BCUT2D eigenvalue weighted by Crippen LogP contribution is 2.36. The second kappa shape index (κ2) is 4.25. The van der Waals surface area contributed by atoms with Crippen LogP contribution in [0.3, 0.4) is 0 Å². The van der Waals surface area contributed by atoms with Gasteiger partial charge in [0.05, 0.1) is 16.1 Å². The smallest absolute Gasteiger partial charge is 0.274 e. The average molecular weight is 286 g/mol. The van der Waals surface area contributed by atoms with E-state index in [1.165, 1.54) is 6.07 Å². The van der Waals surface area contributed by atoms with Gasteiger partial charge < -0.3 is 5.11 Å². The molecule has 1 aromatic rings. The second-order valence-electron chi connectivity index (χ2n) is 3.99. The summed E-state index contributed by atoms with van der Waals surface area (Å²) in [7, 11) is 0. The van der Waals surface area contributed by atoms with Crippen LogP contribution in [-0.2, 0) is 5.41 Å². The van der Waals surface area contributed by atoms with Crippen molar-refractivity contribution >= 4 is 21.6 Å². The second-order valence-corrected chi connectivity index (χ2v) is 4.91. The van der Waals surface area contributed by atoms with Crippen molar-refractivity contribution in [3.8, 4) is 0 Å². The third kappa shape index (κ3) is 2.24. The molecule has 16 heavy (non-hydrogen) atoms. The number of allylic oxidation sites excluding steroid dienone is 1. The van der Waals surface area contributed by atoms with E-state index in [-0.39, 0.29) is 11.4 Å². The minimum Gasteiger partial charge on any atom is -0.512 e. The predicted octanol–water partition coefficient (Wildman–Crippen LogP) is 3.71. The van der Waals surface area contributed by atoms with E-state index in [1.807, 2.05) is 0 Å². The van der Waals surface area contributed by atoms with Crippen LogP contribution in [0.4, 0.5) is 5.69 Å². The third-order valence-electron chi connectivity index (χ3n) is 2.55. The summed E-state index contributed by atoms with van der Waals surface area (Å²) in [4.78, 5) is 10.4. The van der Waals surface area contributed by atoms with Crippen LogP contribution in [0.1, 0.15) is 19.4 Å². The van der Waals surface area contributed by atoms with Gasteiger partial charge in [0.15, 0.2) is 0 Å². The molecule has 4 nitrogen and oxygen atoms in total. The molecule has 0 bridgehead atoms. The number of aliphatic hydroxyl groups excluding tert-OH is 1. The largest absolute Gasteiger partial charge is 0.512 e. The van der Waals surface area contributed by atoms with Crippen LogP contribution in [0.5, 0.6) is 0 Å². The van der Waals surface area contributed by atoms with Gasteiger partial charge in [-0.1, -0.05) is 28.6 Å². The monoisotopic (exact) mass is 285 g/mol. The van der Waals surface area contributed by atoms with Gasteiger partial charge >= 0.3 is 0 Å². The summed E-state index contributed by atoms with van der Waals surface area (Å²) in [6.07, 6.45) is 0. The van der Waals surface area contributed by atoms with Crippen molar-refractivity contribution in [2.45, 2.75) is 19.3 Å². The van der Waals surface area contributed by atoms with Crippen molar-refractivity contribution < 1.29 is 10.0 Å². The Balaban J connectivity index is 3.45. The van der Waals surface area contributed by atoms with Crippen LogP contribution < -0.4 is 0 Å². The van der Waals surface area contributed by atoms with E-state index in [0.29, 0.717) is 10.0 Å². The minimum absolute atomic E-state index is 0.0328. The Labute approximate surface area is 102 Å². The van der Waals surface area contributed by atoms with E-state index >= 15 is 0 Å². The molecular formula is C11H12BrNO3. The summed E-state index contributed by atoms with van der Waals surface area (Å²) in [6, 6.07) is 4.73. The molecule has 1 rings (SSSR count). The topological polar surface area (TPSA) is 63.4 Å². The van der Waals surface area contributed by atoms with Crippen molar-refractivity contribution in [1.29, 1.82) is 0 Å². The van der Waals surface area contributed by atoms with Gasteiger partial charge in [0, 0.05) is 16.1 Å². The lowest BCUT2D eigenvalue weighted by atomic mass is 9.82. The molecule has 0 atom stereocenters. The number of nitrogens with zero attached hydrogens (tertiary/aromatic N) is 1. The molecule has 0 aliphatic heterocycles. The van der Waals surface area contributed by atoms with Crippen molar-refractivity contribution in [3.05, 3.63) is 50.7 Å². The number of hydrogen-bond donors (Lipinski definition) is 1. The maximum atomic E-state index is 10.9. The average Bonchev–Trinajstić information content (AvgIpc) is 2.16. The molecule has 5 heteroatoms. The van der Waals surface area contributed by atoms with Gasteiger partial charge in [0.1, 0.15) is 0 Å². The van der Waals surface area contributed by atoms with Gasteiger partial charge in [-0.25, -0.2) is 0 Å². The van der Waals surface area contributed by atoms with E-state index in [9.17, 15) is 15.2 Å². The van der Waals surface area contributed by atoms with Crippen LogP contribution in [0.15, 0.2) is 35.0 Å². The van der Waals surface area contributed by atoms with E-state index < -0.39 is 10.3 Å². The molecular weight excluding hydrogens is 274 g/mol. The molecule has 0 aliphatic rings. The Kier molecular flexibility index (Phi) is 3.38. The van der Waals surface area contributed by atoms with E-state index in [0.717, 1.165) is 0 Å². The zero-order valence-electron chi connectivity index (χ0n) is 9.03. The zero-order valence-corrected chi connectivity index (χ0v) is 10.6. The lowest BCUT2D eigenvalue weighted by molar-refractivity contribution is -0.386.